The van der Waals surface area contributed by atoms with Crippen LogP contribution in [-0.2, 0) is 13.8 Å². The predicted octanol–water partition coefficient (Wildman–Crippen LogP) is 3.81. The van der Waals surface area contributed by atoms with Crippen molar-refractivity contribution in [3.05, 3.63) is 0 Å². The normalized spacial score (nSPS) is 22.6. The number of rotatable bonds is 6. The summed E-state index contributed by atoms with van der Waals surface area (Å²) in [5.41, 5.74) is 0.427. The van der Waals surface area contributed by atoms with Crippen LogP contribution in [0.5, 0.6) is 0 Å². The molecule has 114 valence electrons. The van der Waals surface area contributed by atoms with Gasteiger partial charge in [-0.25, -0.2) is 8.42 Å². The Morgan fingerprint density at radius 3 is 2.21 bits per heavy atom. The van der Waals surface area contributed by atoms with Crippen molar-refractivity contribution in [2.45, 2.75) is 59.5 Å². The Balaban J connectivity index is 2.41. The number of halogens is 1. The van der Waals surface area contributed by atoms with Crippen molar-refractivity contribution in [3.63, 3.8) is 0 Å². The third-order valence-electron chi connectivity index (χ3n) is 4.19. The van der Waals surface area contributed by atoms with Crippen LogP contribution in [0.15, 0.2) is 0 Å². The van der Waals surface area contributed by atoms with Gasteiger partial charge in [-0.15, -0.1) is 0 Å². The standard InChI is InChI=1S/C14H27ClO3S/c1-11(2)12(10-19(15,16)17)9-18-13-5-7-14(3,4)8-6-13/h11-13H,5-10H2,1-4H3. The first-order chi connectivity index (χ1) is 8.59. The maximum atomic E-state index is 11.2. The molecule has 1 atom stereocenters. The van der Waals surface area contributed by atoms with Crippen LogP contribution in [-0.4, -0.2) is 26.9 Å². The topological polar surface area (TPSA) is 43.4 Å². The number of hydrogen-bond donors (Lipinski definition) is 0. The molecular formula is C14H27ClO3S. The largest absolute Gasteiger partial charge is 0.378 e. The zero-order valence-electron chi connectivity index (χ0n) is 12.5. The molecule has 0 aliphatic heterocycles. The molecule has 0 aromatic carbocycles. The maximum absolute atomic E-state index is 11.2. The molecule has 19 heavy (non-hydrogen) atoms. The highest BCUT2D eigenvalue weighted by atomic mass is 35.7. The summed E-state index contributed by atoms with van der Waals surface area (Å²) >= 11 is 0. The molecule has 0 bridgehead atoms. The Morgan fingerprint density at radius 1 is 1.26 bits per heavy atom. The van der Waals surface area contributed by atoms with Gasteiger partial charge in [0.2, 0.25) is 9.05 Å². The first kappa shape index (κ1) is 17.3. The second kappa shape index (κ2) is 6.77. The lowest BCUT2D eigenvalue weighted by atomic mass is 9.76. The third kappa shape index (κ3) is 6.96. The van der Waals surface area contributed by atoms with Crippen LogP contribution in [0.4, 0.5) is 0 Å². The molecule has 0 heterocycles. The fraction of sp³-hybridized carbons (Fsp3) is 1.00. The minimum atomic E-state index is -3.45. The van der Waals surface area contributed by atoms with E-state index in [-0.39, 0.29) is 23.7 Å². The average molecular weight is 311 g/mol. The summed E-state index contributed by atoms with van der Waals surface area (Å²) in [5.74, 6) is 0.246. The number of ether oxygens (including phenoxy) is 1. The monoisotopic (exact) mass is 310 g/mol. The van der Waals surface area contributed by atoms with E-state index in [4.69, 9.17) is 15.4 Å². The molecule has 0 aromatic rings. The van der Waals surface area contributed by atoms with Gasteiger partial charge in [-0.2, -0.15) is 0 Å². The Kier molecular flexibility index (Phi) is 6.15. The first-order valence-corrected chi connectivity index (χ1v) is 9.61. The summed E-state index contributed by atoms with van der Waals surface area (Å²) in [6, 6.07) is 0. The van der Waals surface area contributed by atoms with Crippen LogP contribution in [0, 0.1) is 17.3 Å². The van der Waals surface area contributed by atoms with Crippen molar-refractivity contribution < 1.29 is 13.2 Å². The highest BCUT2D eigenvalue weighted by molar-refractivity contribution is 8.13. The van der Waals surface area contributed by atoms with Gasteiger partial charge in [0.15, 0.2) is 0 Å². The van der Waals surface area contributed by atoms with E-state index in [1.807, 2.05) is 13.8 Å². The van der Waals surface area contributed by atoms with Crippen molar-refractivity contribution in [1.82, 2.24) is 0 Å². The fourth-order valence-electron chi connectivity index (χ4n) is 2.49. The van der Waals surface area contributed by atoms with Crippen LogP contribution in [0.1, 0.15) is 53.4 Å². The summed E-state index contributed by atoms with van der Waals surface area (Å²) in [6.07, 6.45) is 4.79. The smallest absolute Gasteiger partial charge is 0.232 e. The number of hydrogen-bond acceptors (Lipinski definition) is 3. The van der Waals surface area contributed by atoms with E-state index < -0.39 is 9.05 Å². The highest BCUT2D eigenvalue weighted by Crippen LogP contribution is 2.36. The van der Waals surface area contributed by atoms with Gasteiger partial charge < -0.3 is 4.74 Å². The molecule has 0 radical (unpaired) electrons. The molecule has 0 N–H and O–H groups in total. The minimum Gasteiger partial charge on any atom is -0.378 e. The minimum absolute atomic E-state index is 0.00440. The molecule has 0 amide bonds. The molecule has 1 aliphatic carbocycles. The fourth-order valence-corrected chi connectivity index (χ4v) is 3.97. The van der Waals surface area contributed by atoms with Crippen LogP contribution in [0.2, 0.25) is 0 Å². The molecule has 1 unspecified atom stereocenters. The molecule has 5 heteroatoms. The molecule has 1 fully saturated rings. The maximum Gasteiger partial charge on any atom is 0.232 e. The Bertz CT molecular complexity index is 366. The lowest BCUT2D eigenvalue weighted by Gasteiger charge is -2.35. The molecule has 1 saturated carbocycles. The summed E-state index contributed by atoms with van der Waals surface area (Å²) < 4.78 is 28.3. The van der Waals surface area contributed by atoms with E-state index in [9.17, 15) is 8.42 Å². The third-order valence-corrected chi connectivity index (χ3v) is 5.39. The van der Waals surface area contributed by atoms with Gasteiger partial charge in [-0.3, -0.25) is 0 Å². The summed E-state index contributed by atoms with van der Waals surface area (Å²) in [6.45, 7) is 9.11. The second-order valence-corrected chi connectivity index (χ2v) is 9.73. The van der Waals surface area contributed by atoms with Gasteiger partial charge in [-0.1, -0.05) is 27.7 Å². The molecule has 0 saturated heterocycles. The van der Waals surface area contributed by atoms with E-state index in [0.717, 1.165) is 12.8 Å². The van der Waals surface area contributed by atoms with Crippen molar-refractivity contribution >= 4 is 19.7 Å². The summed E-state index contributed by atoms with van der Waals surface area (Å²) in [4.78, 5) is 0. The van der Waals surface area contributed by atoms with Gasteiger partial charge in [0, 0.05) is 10.7 Å². The van der Waals surface area contributed by atoms with E-state index in [1.54, 1.807) is 0 Å². The quantitative estimate of drug-likeness (QED) is 0.701. The summed E-state index contributed by atoms with van der Waals surface area (Å²) in [7, 11) is 1.90. The van der Waals surface area contributed by atoms with Gasteiger partial charge >= 0.3 is 0 Å². The van der Waals surface area contributed by atoms with Gasteiger partial charge in [-0.05, 0) is 42.9 Å². The molecule has 0 spiro atoms. The van der Waals surface area contributed by atoms with Gasteiger partial charge in [0.05, 0.1) is 18.5 Å². The Labute approximate surface area is 122 Å². The predicted molar refractivity (Wildman–Crippen MR) is 80.0 cm³/mol. The SMILES string of the molecule is CC(C)C(COC1CCC(C)(C)CC1)CS(=O)(=O)Cl. The average Bonchev–Trinajstić information content (AvgIpc) is 2.24. The van der Waals surface area contributed by atoms with Crippen molar-refractivity contribution in [2.24, 2.45) is 17.3 Å². The lowest BCUT2D eigenvalue weighted by molar-refractivity contribution is -0.0153. The summed E-state index contributed by atoms with van der Waals surface area (Å²) in [5, 5.41) is 0. The van der Waals surface area contributed by atoms with Gasteiger partial charge in [0.1, 0.15) is 0 Å². The van der Waals surface area contributed by atoms with E-state index in [0.29, 0.717) is 12.0 Å². The van der Waals surface area contributed by atoms with Crippen LogP contribution in [0.3, 0.4) is 0 Å². The highest BCUT2D eigenvalue weighted by Gasteiger charge is 2.28. The zero-order valence-corrected chi connectivity index (χ0v) is 14.1. The molecule has 0 aromatic heterocycles. The molecule has 1 rings (SSSR count). The molecule has 3 nitrogen and oxygen atoms in total. The van der Waals surface area contributed by atoms with Crippen molar-refractivity contribution in [3.8, 4) is 0 Å². The van der Waals surface area contributed by atoms with Gasteiger partial charge in [0.25, 0.3) is 0 Å². The van der Waals surface area contributed by atoms with E-state index in [1.165, 1.54) is 12.8 Å². The van der Waals surface area contributed by atoms with Crippen LogP contribution < -0.4 is 0 Å². The van der Waals surface area contributed by atoms with E-state index >= 15 is 0 Å². The van der Waals surface area contributed by atoms with Crippen LogP contribution in [0.25, 0.3) is 0 Å². The lowest BCUT2D eigenvalue weighted by Crippen LogP contribution is -2.30. The van der Waals surface area contributed by atoms with Crippen LogP contribution >= 0.6 is 10.7 Å². The first-order valence-electron chi connectivity index (χ1n) is 7.13. The van der Waals surface area contributed by atoms with E-state index in [2.05, 4.69) is 13.8 Å². The van der Waals surface area contributed by atoms with Crippen molar-refractivity contribution in [2.75, 3.05) is 12.4 Å². The molecular weight excluding hydrogens is 284 g/mol. The molecule has 1 aliphatic rings. The van der Waals surface area contributed by atoms with Crippen molar-refractivity contribution in [1.29, 1.82) is 0 Å². The zero-order chi connectivity index (χ0) is 14.7. The second-order valence-electron chi connectivity index (χ2n) is 6.91. The Hall–Kier alpha value is 0.200. The Morgan fingerprint density at radius 2 is 1.79 bits per heavy atom.